The van der Waals surface area contributed by atoms with Gasteiger partial charge >= 0.3 is 11.9 Å². The molecule has 1 saturated heterocycles. The second kappa shape index (κ2) is 42.9. The van der Waals surface area contributed by atoms with Crippen LogP contribution in [0.5, 0.6) is 0 Å². The van der Waals surface area contributed by atoms with Crippen LogP contribution < -0.4 is 0 Å². The molecule has 6 atom stereocenters. The van der Waals surface area contributed by atoms with E-state index in [1.807, 2.05) is 12.2 Å². The Morgan fingerprint density at radius 2 is 0.909 bits per heavy atom. The fraction of sp³-hybridized carbons (Fsp3) is 0.849. The highest BCUT2D eigenvalue weighted by Crippen LogP contribution is 2.24. The van der Waals surface area contributed by atoms with Gasteiger partial charge in [-0.2, -0.15) is 8.42 Å². The van der Waals surface area contributed by atoms with Crippen molar-refractivity contribution in [2.75, 3.05) is 19.0 Å². The number of unbranched alkanes of at least 4 members (excludes halogenated alkanes) is 27. The molecule has 1 aliphatic rings. The van der Waals surface area contributed by atoms with E-state index < -0.39 is 71.2 Å². The van der Waals surface area contributed by atoms with E-state index in [0.29, 0.717) is 19.3 Å². The van der Waals surface area contributed by atoms with Crippen LogP contribution in [0.1, 0.15) is 232 Å². The average molecular weight is 957 g/mol. The van der Waals surface area contributed by atoms with Crippen LogP contribution in [0.4, 0.5) is 0 Å². The van der Waals surface area contributed by atoms with Gasteiger partial charge in [-0.15, -0.1) is 0 Å². The molecule has 0 saturated carbocycles. The topological polar surface area (TPSA) is 186 Å². The van der Waals surface area contributed by atoms with Crippen LogP contribution in [0.15, 0.2) is 36.5 Å². The Balaban J connectivity index is 2.39. The molecule has 0 spiro atoms. The van der Waals surface area contributed by atoms with Crippen molar-refractivity contribution in [2.45, 2.75) is 269 Å². The third kappa shape index (κ3) is 36.9. The number of rotatable bonds is 45. The quantitative estimate of drug-likeness (QED) is 0.0196. The number of hydrogen-bond donors (Lipinski definition) is 4. The molecule has 0 aromatic rings. The van der Waals surface area contributed by atoms with Crippen molar-refractivity contribution in [3.05, 3.63) is 36.5 Å². The molecule has 2 unspecified atom stereocenters. The van der Waals surface area contributed by atoms with Gasteiger partial charge in [-0.25, -0.2) is 0 Å². The largest absolute Gasteiger partial charge is 0.462 e. The van der Waals surface area contributed by atoms with E-state index in [4.69, 9.17) is 18.9 Å². The molecule has 1 fully saturated rings. The number of allylic oxidation sites excluding steroid dienone is 6. The van der Waals surface area contributed by atoms with Gasteiger partial charge in [0.1, 0.15) is 36.8 Å². The standard InChI is InChI=1S/C53H96O12S/c1-3-5-7-9-11-13-15-17-19-20-21-22-23-24-25-26-28-30-32-34-36-38-40-42-49(55)64-46(44-63-53-52(58)51(57)50(56)47(65-53)45-66(59,60)61)43-62-48(54)41-39-37-35-33-31-29-27-18-16-14-12-10-8-6-4-2/h26,28,34-37,46-47,50-53,56-58H,3-25,27,29-33,38-45H2,1-2H3,(H,59,60,61)/b28-26+,36-34+,37-35+/t46-,47-,50-,51?,52?,53+/m1/s1. The summed E-state index contributed by atoms with van der Waals surface area (Å²) in [6.07, 6.45) is 42.2. The molecule has 386 valence electrons. The summed E-state index contributed by atoms with van der Waals surface area (Å²) in [6, 6.07) is 0. The predicted molar refractivity (Wildman–Crippen MR) is 266 cm³/mol. The fourth-order valence-corrected chi connectivity index (χ4v) is 8.76. The monoisotopic (exact) mass is 957 g/mol. The molecule has 0 aromatic heterocycles. The molecule has 4 N–H and O–H groups in total. The number of esters is 2. The molecule has 0 aliphatic carbocycles. The van der Waals surface area contributed by atoms with Crippen LogP contribution in [-0.4, -0.2) is 96.0 Å². The van der Waals surface area contributed by atoms with Crippen molar-refractivity contribution in [1.29, 1.82) is 0 Å². The minimum Gasteiger partial charge on any atom is -0.462 e. The van der Waals surface area contributed by atoms with Gasteiger partial charge in [0.15, 0.2) is 12.4 Å². The summed E-state index contributed by atoms with van der Waals surface area (Å²) >= 11 is 0. The van der Waals surface area contributed by atoms with E-state index in [1.54, 1.807) is 0 Å². The Morgan fingerprint density at radius 3 is 1.36 bits per heavy atom. The van der Waals surface area contributed by atoms with Crippen molar-refractivity contribution in [3.63, 3.8) is 0 Å². The van der Waals surface area contributed by atoms with Crippen LogP contribution in [0, 0.1) is 0 Å². The van der Waals surface area contributed by atoms with Crippen molar-refractivity contribution in [2.24, 2.45) is 0 Å². The van der Waals surface area contributed by atoms with E-state index in [-0.39, 0.29) is 19.4 Å². The van der Waals surface area contributed by atoms with Gasteiger partial charge in [0, 0.05) is 12.8 Å². The van der Waals surface area contributed by atoms with E-state index in [9.17, 15) is 37.9 Å². The van der Waals surface area contributed by atoms with E-state index in [2.05, 4.69) is 38.2 Å². The highest BCUT2D eigenvalue weighted by Gasteiger charge is 2.46. The zero-order chi connectivity index (χ0) is 48.4. The van der Waals surface area contributed by atoms with Gasteiger partial charge in [-0.3, -0.25) is 14.1 Å². The minimum absolute atomic E-state index is 0.0989. The van der Waals surface area contributed by atoms with Crippen molar-refractivity contribution >= 4 is 22.1 Å². The van der Waals surface area contributed by atoms with Crippen molar-refractivity contribution < 1.29 is 56.8 Å². The second-order valence-corrected chi connectivity index (χ2v) is 20.0. The molecule has 0 radical (unpaired) electrons. The fourth-order valence-electron chi connectivity index (χ4n) is 8.07. The Bertz CT molecular complexity index is 1350. The third-order valence-electron chi connectivity index (χ3n) is 12.2. The molecule has 0 bridgehead atoms. The summed E-state index contributed by atoms with van der Waals surface area (Å²) in [5, 5.41) is 31.0. The first kappa shape index (κ1) is 61.9. The number of carbonyl (C=O) groups is 2. The van der Waals surface area contributed by atoms with Crippen molar-refractivity contribution in [1.82, 2.24) is 0 Å². The van der Waals surface area contributed by atoms with Crippen LogP contribution >= 0.6 is 0 Å². The first-order chi connectivity index (χ1) is 32.0. The summed E-state index contributed by atoms with van der Waals surface area (Å²) in [7, 11) is -4.61. The lowest BCUT2D eigenvalue weighted by Gasteiger charge is -2.40. The summed E-state index contributed by atoms with van der Waals surface area (Å²) in [4.78, 5) is 25.5. The number of aliphatic hydroxyl groups is 3. The van der Waals surface area contributed by atoms with Crippen LogP contribution in [0.2, 0.25) is 0 Å². The van der Waals surface area contributed by atoms with Crippen LogP contribution in [0.25, 0.3) is 0 Å². The highest BCUT2D eigenvalue weighted by molar-refractivity contribution is 7.85. The zero-order valence-corrected chi connectivity index (χ0v) is 42.4. The lowest BCUT2D eigenvalue weighted by molar-refractivity contribution is -0.297. The minimum atomic E-state index is -4.61. The molecule has 1 rings (SSSR count). The molecule has 66 heavy (non-hydrogen) atoms. The van der Waals surface area contributed by atoms with E-state index in [0.717, 1.165) is 32.1 Å². The SMILES string of the molecule is CCCCCCCCCCCCC/C=C/CCC(=O)OC[C@H](CO[C@H]1O[C@H](CS(=O)(=O)O)[C@@H](O)C(O)C1O)OC(=O)CCC/C=C/CC/C=C/CCCCCCCCCCCCCCCC. The molecule has 0 aromatic carbocycles. The normalized spacial score (nSPS) is 19.6. The number of ether oxygens (including phenoxy) is 4. The number of hydrogen-bond acceptors (Lipinski definition) is 11. The Labute approximate surface area is 401 Å². The maximum absolute atomic E-state index is 12.9. The Hall–Kier alpha value is -2.13. The maximum Gasteiger partial charge on any atom is 0.306 e. The predicted octanol–water partition coefficient (Wildman–Crippen LogP) is 12.1. The number of carbonyl (C=O) groups excluding carboxylic acids is 2. The zero-order valence-electron chi connectivity index (χ0n) is 41.6. The third-order valence-corrected chi connectivity index (χ3v) is 12.9. The van der Waals surface area contributed by atoms with Crippen LogP contribution in [-0.2, 0) is 38.7 Å². The molecule has 13 heteroatoms. The van der Waals surface area contributed by atoms with Gasteiger partial charge in [0.05, 0.1) is 6.61 Å². The van der Waals surface area contributed by atoms with Gasteiger partial charge in [-0.1, -0.05) is 198 Å². The molecule has 12 nitrogen and oxygen atoms in total. The van der Waals surface area contributed by atoms with Gasteiger partial charge < -0.3 is 34.3 Å². The summed E-state index contributed by atoms with van der Waals surface area (Å²) in [6.45, 7) is 3.73. The van der Waals surface area contributed by atoms with Gasteiger partial charge in [0.25, 0.3) is 10.1 Å². The van der Waals surface area contributed by atoms with Crippen molar-refractivity contribution in [3.8, 4) is 0 Å². The first-order valence-corrected chi connectivity index (χ1v) is 28.2. The Morgan fingerprint density at radius 1 is 0.500 bits per heavy atom. The Kier molecular flexibility index (Phi) is 40.3. The average Bonchev–Trinajstić information content (AvgIpc) is 3.28. The smallest absolute Gasteiger partial charge is 0.306 e. The second-order valence-electron chi connectivity index (χ2n) is 18.5. The molecule has 0 amide bonds. The summed E-state index contributed by atoms with van der Waals surface area (Å²) < 4.78 is 54.1. The summed E-state index contributed by atoms with van der Waals surface area (Å²) in [5.41, 5.74) is 0. The lowest BCUT2D eigenvalue weighted by Crippen LogP contribution is -2.60. The molecular formula is C53H96O12S. The van der Waals surface area contributed by atoms with Crippen LogP contribution in [0.3, 0.4) is 0 Å². The van der Waals surface area contributed by atoms with E-state index in [1.165, 1.54) is 154 Å². The lowest BCUT2D eigenvalue weighted by atomic mass is 10.00. The van der Waals surface area contributed by atoms with Gasteiger partial charge in [0.2, 0.25) is 0 Å². The summed E-state index contributed by atoms with van der Waals surface area (Å²) in [5.74, 6) is -2.09. The first-order valence-electron chi connectivity index (χ1n) is 26.5. The molecule has 1 aliphatic heterocycles. The maximum atomic E-state index is 12.9. The van der Waals surface area contributed by atoms with Gasteiger partial charge in [-0.05, 0) is 57.8 Å². The number of aliphatic hydroxyl groups excluding tert-OH is 3. The van der Waals surface area contributed by atoms with E-state index >= 15 is 0 Å². The molecule has 1 heterocycles. The highest BCUT2D eigenvalue weighted by atomic mass is 32.2. The molecular weight excluding hydrogens is 861 g/mol.